The van der Waals surface area contributed by atoms with E-state index in [0.717, 1.165) is 12.2 Å². The minimum absolute atomic E-state index is 0.195. The number of aryl methyl sites for hydroxylation is 1. The maximum Gasteiger partial charge on any atom is 0.313 e. The Morgan fingerprint density at radius 3 is 2.56 bits per heavy atom. The summed E-state index contributed by atoms with van der Waals surface area (Å²) >= 11 is 0. The Kier molecular flexibility index (Phi) is 4.42. The molecule has 6 heteroatoms. The van der Waals surface area contributed by atoms with Gasteiger partial charge >= 0.3 is 5.69 Å². The van der Waals surface area contributed by atoms with Gasteiger partial charge in [0, 0.05) is 6.54 Å². The van der Waals surface area contributed by atoms with Crippen LogP contribution in [0.5, 0.6) is 0 Å². The van der Waals surface area contributed by atoms with Crippen molar-refractivity contribution < 1.29 is 4.92 Å². The third-order valence-electron chi connectivity index (χ3n) is 2.53. The third-order valence-corrected chi connectivity index (χ3v) is 2.53. The minimum atomic E-state index is -0.319. The number of nitrogens with zero attached hydrogens (tertiary/aromatic N) is 3. The van der Waals surface area contributed by atoms with Crippen molar-refractivity contribution in [1.29, 1.82) is 0 Å². The number of nitro groups is 1. The van der Waals surface area contributed by atoms with Crippen molar-refractivity contribution in [3.63, 3.8) is 0 Å². The van der Waals surface area contributed by atoms with Crippen molar-refractivity contribution in [2.24, 2.45) is 0 Å². The Hall–Kier alpha value is -1.43. The van der Waals surface area contributed by atoms with Gasteiger partial charge in [0.1, 0.15) is 11.4 Å². The molecule has 0 spiro atoms. The van der Waals surface area contributed by atoms with Gasteiger partial charge in [0.25, 0.3) is 0 Å². The topological polar surface area (TPSA) is 73.0 Å². The molecule has 16 heavy (non-hydrogen) atoms. The highest BCUT2D eigenvalue weighted by molar-refractivity contribution is 5.41. The molecule has 0 saturated heterocycles. The molecule has 90 valence electrons. The number of hydrogen-bond acceptors (Lipinski definition) is 4. The molecule has 6 nitrogen and oxygen atoms in total. The van der Waals surface area contributed by atoms with E-state index in [2.05, 4.69) is 10.4 Å². The first-order valence-electron chi connectivity index (χ1n) is 5.53. The van der Waals surface area contributed by atoms with Crippen molar-refractivity contribution in [3.05, 3.63) is 21.5 Å². The molecule has 1 rings (SSSR count). The third kappa shape index (κ3) is 2.38. The van der Waals surface area contributed by atoms with E-state index < -0.39 is 0 Å². The van der Waals surface area contributed by atoms with Crippen molar-refractivity contribution >= 4 is 5.69 Å². The van der Waals surface area contributed by atoms with E-state index in [1.807, 2.05) is 20.9 Å². The van der Waals surface area contributed by atoms with Gasteiger partial charge in [0.2, 0.25) is 0 Å². The lowest BCUT2D eigenvalue weighted by Gasteiger charge is -2.03. The summed E-state index contributed by atoms with van der Waals surface area (Å²) in [5.74, 6) is 0. The number of aromatic nitrogens is 2. The predicted molar refractivity (Wildman–Crippen MR) is 61.6 cm³/mol. The largest absolute Gasteiger partial charge is 0.318 e. The molecule has 1 heterocycles. The van der Waals surface area contributed by atoms with Crippen LogP contribution in [0.25, 0.3) is 0 Å². The SMILES string of the molecule is CCc1nn(CCNC)c(CC)c1[N+](=O)[O-]. The van der Waals surface area contributed by atoms with Gasteiger partial charge in [-0.25, -0.2) is 0 Å². The molecule has 1 N–H and O–H groups in total. The van der Waals surface area contributed by atoms with E-state index in [0.29, 0.717) is 25.1 Å². The van der Waals surface area contributed by atoms with Crippen molar-refractivity contribution in [3.8, 4) is 0 Å². The summed E-state index contributed by atoms with van der Waals surface area (Å²) in [6.07, 6.45) is 1.23. The molecule has 0 fully saturated rings. The zero-order valence-electron chi connectivity index (χ0n) is 9.99. The Bertz CT molecular complexity index is 373. The van der Waals surface area contributed by atoms with Gasteiger partial charge in [-0.05, 0) is 19.9 Å². The second kappa shape index (κ2) is 5.60. The molecule has 0 aliphatic carbocycles. The van der Waals surface area contributed by atoms with Gasteiger partial charge in [0.15, 0.2) is 0 Å². The van der Waals surface area contributed by atoms with Crippen molar-refractivity contribution in [2.75, 3.05) is 13.6 Å². The van der Waals surface area contributed by atoms with E-state index in [1.165, 1.54) is 0 Å². The molecular weight excluding hydrogens is 208 g/mol. The van der Waals surface area contributed by atoms with Crippen LogP contribution in [0.15, 0.2) is 0 Å². The second-order valence-electron chi connectivity index (χ2n) is 3.53. The molecule has 0 aliphatic rings. The summed E-state index contributed by atoms with van der Waals surface area (Å²) in [6, 6.07) is 0. The molecular formula is C10H18N4O2. The summed E-state index contributed by atoms with van der Waals surface area (Å²) in [5, 5.41) is 18.3. The van der Waals surface area contributed by atoms with E-state index in [1.54, 1.807) is 4.68 Å². The van der Waals surface area contributed by atoms with Crippen LogP contribution in [-0.2, 0) is 19.4 Å². The average molecular weight is 226 g/mol. The number of rotatable bonds is 6. The van der Waals surface area contributed by atoms with Crippen LogP contribution in [0, 0.1) is 10.1 Å². The Morgan fingerprint density at radius 2 is 2.12 bits per heavy atom. The molecule has 0 amide bonds. The van der Waals surface area contributed by atoms with Gasteiger partial charge in [-0.2, -0.15) is 5.10 Å². The van der Waals surface area contributed by atoms with E-state index in [-0.39, 0.29) is 10.6 Å². The average Bonchev–Trinajstić information content (AvgIpc) is 2.63. The smallest absolute Gasteiger partial charge is 0.313 e. The fourth-order valence-electron chi connectivity index (χ4n) is 1.74. The molecule has 0 saturated carbocycles. The predicted octanol–water partition coefficient (Wildman–Crippen LogP) is 1.14. The van der Waals surface area contributed by atoms with Gasteiger partial charge < -0.3 is 5.32 Å². The van der Waals surface area contributed by atoms with Gasteiger partial charge in [0.05, 0.1) is 11.5 Å². The molecule has 0 bridgehead atoms. The summed E-state index contributed by atoms with van der Waals surface area (Å²) in [7, 11) is 1.85. The van der Waals surface area contributed by atoms with Crippen molar-refractivity contribution in [1.82, 2.24) is 15.1 Å². The zero-order valence-corrected chi connectivity index (χ0v) is 9.99. The van der Waals surface area contributed by atoms with Crippen LogP contribution < -0.4 is 5.32 Å². The highest BCUT2D eigenvalue weighted by Gasteiger charge is 2.24. The monoisotopic (exact) mass is 226 g/mol. The summed E-state index contributed by atoms with van der Waals surface area (Å²) < 4.78 is 1.74. The molecule has 0 aliphatic heterocycles. The minimum Gasteiger partial charge on any atom is -0.318 e. The number of hydrogen-bond donors (Lipinski definition) is 1. The van der Waals surface area contributed by atoms with Crippen LogP contribution in [-0.4, -0.2) is 28.3 Å². The first kappa shape index (κ1) is 12.6. The maximum atomic E-state index is 11.0. The number of nitrogens with one attached hydrogen (secondary N) is 1. The fourth-order valence-corrected chi connectivity index (χ4v) is 1.74. The lowest BCUT2D eigenvalue weighted by molar-refractivity contribution is -0.386. The van der Waals surface area contributed by atoms with Gasteiger partial charge in [-0.1, -0.05) is 13.8 Å². The highest BCUT2D eigenvalue weighted by atomic mass is 16.6. The van der Waals surface area contributed by atoms with Crippen LogP contribution >= 0.6 is 0 Å². The molecule has 1 aromatic rings. The quantitative estimate of drug-likeness (QED) is 0.583. The highest BCUT2D eigenvalue weighted by Crippen LogP contribution is 2.24. The summed E-state index contributed by atoms with van der Waals surface area (Å²) in [4.78, 5) is 10.7. The fraction of sp³-hybridized carbons (Fsp3) is 0.700. The van der Waals surface area contributed by atoms with E-state index in [9.17, 15) is 10.1 Å². The Labute approximate surface area is 94.8 Å². The van der Waals surface area contributed by atoms with Gasteiger partial charge in [-0.3, -0.25) is 14.8 Å². The summed E-state index contributed by atoms with van der Waals surface area (Å²) in [6.45, 7) is 5.23. The lowest BCUT2D eigenvalue weighted by atomic mass is 10.2. The van der Waals surface area contributed by atoms with Crippen LogP contribution in [0.1, 0.15) is 25.2 Å². The second-order valence-corrected chi connectivity index (χ2v) is 3.53. The first-order chi connectivity index (χ1) is 7.65. The van der Waals surface area contributed by atoms with E-state index >= 15 is 0 Å². The molecule has 0 atom stereocenters. The molecule has 1 aromatic heterocycles. The van der Waals surface area contributed by atoms with Gasteiger partial charge in [-0.15, -0.1) is 0 Å². The Balaban J connectivity index is 3.13. The molecule has 0 radical (unpaired) electrons. The van der Waals surface area contributed by atoms with Crippen molar-refractivity contribution in [2.45, 2.75) is 33.2 Å². The zero-order chi connectivity index (χ0) is 12.1. The van der Waals surface area contributed by atoms with E-state index in [4.69, 9.17) is 0 Å². The maximum absolute atomic E-state index is 11.0. The lowest BCUT2D eigenvalue weighted by Crippen LogP contribution is -2.17. The molecule has 0 aromatic carbocycles. The Morgan fingerprint density at radius 1 is 1.44 bits per heavy atom. The van der Waals surface area contributed by atoms with Crippen LogP contribution in [0.4, 0.5) is 5.69 Å². The normalized spacial score (nSPS) is 10.7. The van der Waals surface area contributed by atoms with Crippen LogP contribution in [0.3, 0.4) is 0 Å². The summed E-state index contributed by atoms with van der Waals surface area (Å²) in [5.41, 5.74) is 1.50. The van der Waals surface area contributed by atoms with Crippen LogP contribution in [0.2, 0.25) is 0 Å². The number of likely N-dealkylation sites (N-methyl/N-ethyl adjacent to an activating group) is 1. The standard InChI is InChI=1S/C10H18N4O2/c1-4-8-10(14(15)16)9(5-2)13(12-8)7-6-11-3/h11H,4-7H2,1-3H3. The first-order valence-corrected chi connectivity index (χ1v) is 5.53. The molecule has 0 unspecified atom stereocenters.